The van der Waals surface area contributed by atoms with Gasteiger partial charge in [0, 0.05) is 12.2 Å². The maximum atomic E-state index is 11.7. The molecule has 0 saturated heterocycles. The van der Waals surface area contributed by atoms with Crippen molar-refractivity contribution in [1.29, 1.82) is 0 Å². The molecule has 110 valence electrons. The monoisotopic (exact) mass is 282 g/mol. The third-order valence-corrected chi connectivity index (χ3v) is 2.51. The third kappa shape index (κ3) is 4.01. The van der Waals surface area contributed by atoms with Crippen LogP contribution in [0.3, 0.4) is 0 Å². The Bertz CT molecular complexity index is 524. The average Bonchev–Trinajstić information content (AvgIpc) is 2.70. The molecule has 8 heteroatoms. The van der Waals surface area contributed by atoms with Gasteiger partial charge in [-0.1, -0.05) is 0 Å². The highest BCUT2D eigenvalue weighted by molar-refractivity contribution is 6.00. The number of aromatic nitrogens is 1. The van der Waals surface area contributed by atoms with Crippen molar-refractivity contribution in [3.8, 4) is 0 Å². The van der Waals surface area contributed by atoms with Gasteiger partial charge in [-0.3, -0.25) is 4.79 Å². The minimum absolute atomic E-state index is 0.108. The largest absolute Gasteiger partial charge is 0.477 e. The maximum absolute atomic E-state index is 11.7. The minimum Gasteiger partial charge on any atom is -0.477 e. The lowest BCUT2D eigenvalue weighted by Gasteiger charge is -2.13. The van der Waals surface area contributed by atoms with Crippen LogP contribution in [0.4, 0.5) is 10.5 Å². The number of amides is 3. The molecule has 0 spiro atoms. The quantitative estimate of drug-likeness (QED) is 0.544. The van der Waals surface area contributed by atoms with E-state index in [1.54, 1.807) is 13.8 Å². The van der Waals surface area contributed by atoms with Gasteiger partial charge in [0.25, 0.3) is 0 Å². The zero-order valence-electron chi connectivity index (χ0n) is 11.5. The summed E-state index contributed by atoms with van der Waals surface area (Å²) in [4.78, 5) is 36.8. The second kappa shape index (κ2) is 6.60. The summed E-state index contributed by atoms with van der Waals surface area (Å²) in [5.74, 6) is -1.49. The number of urea groups is 1. The Labute approximate surface area is 115 Å². The number of anilines is 1. The number of H-pyrrole nitrogens is 1. The van der Waals surface area contributed by atoms with E-state index >= 15 is 0 Å². The molecule has 8 nitrogen and oxygen atoms in total. The molecular formula is C12H18N4O4. The maximum Gasteiger partial charge on any atom is 0.354 e. The standard InChI is InChI=1S/C12H18N4O4/c1-4-13-10(17)7(3)15-12(20)16-8-5-6(2)14-9(8)11(18)19/h5,7,14H,4H2,1-3H3,(H,13,17)(H,18,19)(H2,15,16,20). The molecule has 0 aliphatic rings. The van der Waals surface area contributed by atoms with E-state index < -0.39 is 18.0 Å². The molecule has 1 aromatic heterocycles. The lowest BCUT2D eigenvalue weighted by molar-refractivity contribution is -0.122. The van der Waals surface area contributed by atoms with Gasteiger partial charge in [0.2, 0.25) is 5.91 Å². The number of carbonyl (C=O) groups is 3. The van der Waals surface area contributed by atoms with Crippen molar-refractivity contribution < 1.29 is 19.5 Å². The van der Waals surface area contributed by atoms with Crippen LogP contribution in [0.25, 0.3) is 0 Å². The normalized spacial score (nSPS) is 11.6. The molecular weight excluding hydrogens is 264 g/mol. The molecule has 20 heavy (non-hydrogen) atoms. The first-order valence-electron chi connectivity index (χ1n) is 6.13. The molecule has 0 aromatic carbocycles. The highest BCUT2D eigenvalue weighted by Crippen LogP contribution is 2.16. The second-order valence-corrected chi connectivity index (χ2v) is 4.26. The number of carboxylic acid groups (broad SMARTS) is 1. The van der Waals surface area contributed by atoms with E-state index in [-0.39, 0.29) is 17.3 Å². The summed E-state index contributed by atoms with van der Waals surface area (Å²) in [5.41, 5.74) is 0.647. The highest BCUT2D eigenvalue weighted by Gasteiger charge is 2.18. The number of aryl methyl sites for hydroxylation is 1. The van der Waals surface area contributed by atoms with Gasteiger partial charge in [-0.2, -0.15) is 0 Å². The molecule has 5 N–H and O–H groups in total. The van der Waals surface area contributed by atoms with Crippen molar-refractivity contribution in [3.05, 3.63) is 17.5 Å². The second-order valence-electron chi connectivity index (χ2n) is 4.26. The predicted molar refractivity (Wildman–Crippen MR) is 72.8 cm³/mol. The van der Waals surface area contributed by atoms with Crippen molar-refractivity contribution in [2.24, 2.45) is 0 Å². The van der Waals surface area contributed by atoms with E-state index in [0.29, 0.717) is 12.2 Å². The third-order valence-electron chi connectivity index (χ3n) is 2.51. The first-order chi connectivity index (χ1) is 9.35. The fraction of sp³-hybridized carbons (Fsp3) is 0.417. The highest BCUT2D eigenvalue weighted by atomic mass is 16.4. The van der Waals surface area contributed by atoms with Crippen LogP contribution in [0.2, 0.25) is 0 Å². The molecule has 3 amide bonds. The van der Waals surface area contributed by atoms with Crippen LogP contribution < -0.4 is 16.0 Å². The first-order valence-corrected chi connectivity index (χ1v) is 6.13. The van der Waals surface area contributed by atoms with Crippen molar-refractivity contribution in [3.63, 3.8) is 0 Å². The summed E-state index contributed by atoms with van der Waals surface area (Å²) < 4.78 is 0. The number of likely N-dealkylation sites (N-methyl/N-ethyl adjacent to an activating group) is 1. The number of carboxylic acids is 1. The van der Waals surface area contributed by atoms with Crippen LogP contribution in [0, 0.1) is 6.92 Å². The van der Waals surface area contributed by atoms with E-state index in [1.807, 2.05) is 0 Å². The number of rotatable bonds is 5. The van der Waals surface area contributed by atoms with Gasteiger partial charge in [-0.25, -0.2) is 9.59 Å². The Hall–Kier alpha value is -2.51. The van der Waals surface area contributed by atoms with Gasteiger partial charge in [-0.05, 0) is 26.8 Å². The summed E-state index contributed by atoms with van der Waals surface area (Å²) in [5, 5.41) is 16.3. The molecule has 0 saturated carbocycles. The first kappa shape index (κ1) is 15.5. The Morgan fingerprint density at radius 1 is 1.40 bits per heavy atom. The lowest BCUT2D eigenvalue weighted by Crippen LogP contribution is -2.46. The molecule has 0 radical (unpaired) electrons. The fourth-order valence-electron chi connectivity index (χ4n) is 1.60. The van der Waals surface area contributed by atoms with Crippen LogP contribution in [0.1, 0.15) is 30.0 Å². The summed E-state index contributed by atoms with van der Waals surface area (Å²) in [6.45, 7) is 5.44. The van der Waals surface area contributed by atoms with E-state index in [4.69, 9.17) is 5.11 Å². The van der Waals surface area contributed by atoms with Crippen LogP contribution in [-0.2, 0) is 4.79 Å². The van der Waals surface area contributed by atoms with E-state index in [1.165, 1.54) is 13.0 Å². The molecule has 1 atom stereocenters. The number of hydrogen-bond acceptors (Lipinski definition) is 3. The van der Waals surface area contributed by atoms with E-state index in [9.17, 15) is 14.4 Å². The fourth-order valence-corrected chi connectivity index (χ4v) is 1.60. The van der Waals surface area contributed by atoms with Gasteiger partial charge in [-0.15, -0.1) is 0 Å². The topological polar surface area (TPSA) is 123 Å². The molecule has 1 heterocycles. The smallest absolute Gasteiger partial charge is 0.354 e. The Morgan fingerprint density at radius 3 is 2.60 bits per heavy atom. The predicted octanol–water partition coefficient (Wildman–Crippen LogP) is 0.667. The van der Waals surface area contributed by atoms with Crippen LogP contribution >= 0.6 is 0 Å². The number of aromatic carboxylic acids is 1. The van der Waals surface area contributed by atoms with Crippen molar-refractivity contribution in [2.75, 3.05) is 11.9 Å². The summed E-state index contributed by atoms with van der Waals surface area (Å²) in [6, 6.07) is 0.133. The number of aromatic amines is 1. The van der Waals surface area contributed by atoms with E-state index in [0.717, 1.165) is 0 Å². The molecule has 0 aliphatic heterocycles. The van der Waals surface area contributed by atoms with Crippen molar-refractivity contribution in [2.45, 2.75) is 26.8 Å². The van der Waals surface area contributed by atoms with Gasteiger partial charge in [0.1, 0.15) is 11.7 Å². The Morgan fingerprint density at radius 2 is 2.05 bits per heavy atom. The lowest BCUT2D eigenvalue weighted by atomic mass is 10.3. The zero-order valence-corrected chi connectivity index (χ0v) is 11.5. The van der Waals surface area contributed by atoms with Gasteiger partial charge < -0.3 is 26.0 Å². The molecule has 0 aliphatic carbocycles. The van der Waals surface area contributed by atoms with Crippen molar-refractivity contribution >= 4 is 23.6 Å². The SMILES string of the molecule is CCNC(=O)C(C)NC(=O)Nc1cc(C)[nH]c1C(=O)O. The summed E-state index contributed by atoms with van der Waals surface area (Å²) >= 11 is 0. The number of nitrogens with one attached hydrogen (secondary N) is 4. The summed E-state index contributed by atoms with van der Waals surface area (Å²) in [7, 11) is 0. The molecule has 1 rings (SSSR count). The minimum atomic E-state index is -1.18. The van der Waals surface area contributed by atoms with Gasteiger partial charge in [0.05, 0.1) is 5.69 Å². The molecule has 0 bridgehead atoms. The van der Waals surface area contributed by atoms with Crippen LogP contribution in [0.15, 0.2) is 6.07 Å². The average molecular weight is 282 g/mol. The van der Waals surface area contributed by atoms with E-state index in [2.05, 4.69) is 20.9 Å². The number of hydrogen-bond donors (Lipinski definition) is 5. The van der Waals surface area contributed by atoms with Crippen molar-refractivity contribution in [1.82, 2.24) is 15.6 Å². The van der Waals surface area contributed by atoms with Crippen LogP contribution in [-0.4, -0.2) is 40.6 Å². The van der Waals surface area contributed by atoms with Crippen LogP contribution in [0.5, 0.6) is 0 Å². The molecule has 0 fully saturated rings. The molecule has 1 unspecified atom stereocenters. The molecule has 1 aromatic rings. The summed E-state index contributed by atoms with van der Waals surface area (Å²) in [6.07, 6.45) is 0. The number of carbonyl (C=O) groups excluding carboxylic acids is 2. The van der Waals surface area contributed by atoms with Gasteiger partial charge >= 0.3 is 12.0 Å². The zero-order chi connectivity index (χ0) is 15.3. The van der Waals surface area contributed by atoms with Gasteiger partial charge in [0.15, 0.2) is 0 Å². The Balaban J connectivity index is 2.67. The Kier molecular flexibility index (Phi) is 5.13.